The molecule has 1 aromatic carbocycles. The first-order chi connectivity index (χ1) is 7.90. The molecule has 0 bridgehead atoms. The SMILES string of the molecule is Cc1ccc(NC(N)=NC(C)C)cc1N(C)C. The Morgan fingerprint density at radius 1 is 1.35 bits per heavy atom. The lowest BCUT2D eigenvalue weighted by atomic mass is 10.1. The molecule has 0 saturated carbocycles. The van der Waals surface area contributed by atoms with E-state index in [2.05, 4.69) is 34.3 Å². The van der Waals surface area contributed by atoms with Crippen molar-refractivity contribution in [3.05, 3.63) is 23.8 Å². The van der Waals surface area contributed by atoms with E-state index in [1.54, 1.807) is 0 Å². The van der Waals surface area contributed by atoms with Crippen LogP contribution in [-0.4, -0.2) is 26.1 Å². The van der Waals surface area contributed by atoms with Gasteiger partial charge in [0, 0.05) is 31.5 Å². The minimum atomic E-state index is 0.196. The van der Waals surface area contributed by atoms with E-state index in [0.29, 0.717) is 5.96 Å². The zero-order chi connectivity index (χ0) is 13.0. The predicted molar refractivity (Wildman–Crippen MR) is 75.9 cm³/mol. The van der Waals surface area contributed by atoms with Gasteiger partial charge >= 0.3 is 0 Å². The number of aryl methyl sites for hydroxylation is 1. The number of aliphatic imine (C=N–C) groups is 1. The van der Waals surface area contributed by atoms with Gasteiger partial charge in [-0.2, -0.15) is 0 Å². The minimum Gasteiger partial charge on any atom is -0.377 e. The molecule has 0 atom stereocenters. The number of anilines is 2. The van der Waals surface area contributed by atoms with Gasteiger partial charge in [0.25, 0.3) is 0 Å². The van der Waals surface area contributed by atoms with Crippen LogP contribution in [0.3, 0.4) is 0 Å². The number of nitrogens with two attached hydrogens (primary N) is 1. The molecule has 17 heavy (non-hydrogen) atoms. The molecule has 94 valence electrons. The van der Waals surface area contributed by atoms with Crippen molar-refractivity contribution in [1.29, 1.82) is 0 Å². The summed E-state index contributed by atoms with van der Waals surface area (Å²) in [4.78, 5) is 6.32. The molecule has 0 aliphatic carbocycles. The van der Waals surface area contributed by atoms with Crippen molar-refractivity contribution in [2.45, 2.75) is 26.8 Å². The van der Waals surface area contributed by atoms with Crippen LogP contribution in [0, 0.1) is 6.92 Å². The van der Waals surface area contributed by atoms with E-state index in [9.17, 15) is 0 Å². The maximum absolute atomic E-state index is 5.80. The van der Waals surface area contributed by atoms with E-state index in [1.807, 2.05) is 34.0 Å². The molecule has 0 heterocycles. The molecule has 3 N–H and O–H groups in total. The predicted octanol–water partition coefficient (Wildman–Crippen LogP) is 2.20. The highest BCUT2D eigenvalue weighted by Gasteiger charge is 2.03. The van der Waals surface area contributed by atoms with Crippen LogP contribution in [0.4, 0.5) is 11.4 Å². The normalized spacial score (nSPS) is 11.8. The maximum atomic E-state index is 5.80. The summed E-state index contributed by atoms with van der Waals surface area (Å²) in [6.45, 7) is 6.08. The van der Waals surface area contributed by atoms with Gasteiger partial charge in [-0.05, 0) is 38.5 Å². The largest absolute Gasteiger partial charge is 0.377 e. The van der Waals surface area contributed by atoms with Crippen molar-refractivity contribution in [2.24, 2.45) is 10.7 Å². The summed E-state index contributed by atoms with van der Waals surface area (Å²) in [5.41, 5.74) is 9.17. The highest BCUT2D eigenvalue weighted by molar-refractivity contribution is 5.93. The maximum Gasteiger partial charge on any atom is 0.193 e. The van der Waals surface area contributed by atoms with E-state index in [1.165, 1.54) is 11.3 Å². The molecule has 0 spiro atoms. The minimum absolute atomic E-state index is 0.196. The number of benzene rings is 1. The van der Waals surface area contributed by atoms with Gasteiger partial charge in [-0.1, -0.05) is 6.07 Å². The summed E-state index contributed by atoms with van der Waals surface area (Å²) in [6, 6.07) is 6.34. The lowest BCUT2D eigenvalue weighted by molar-refractivity contribution is 0.833. The molecule has 4 nitrogen and oxygen atoms in total. The Labute approximate surface area is 104 Å². The van der Waals surface area contributed by atoms with Gasteiger partial charge in [0.15, 0.2) is 5.96 Å². The molecule has 1 aromatic rings. The molecule has 0 aliphatic rings. The van der Waals surface area contributed by atoms with Gasteiger partial charge < -0.3 is 16.0 Å². The molecule has 1 rings (SSSR count). The molecule has 0 radical (unpaired) electrons. The first-order valence-electron chi connectivity index (χ1n) is 5.78. The van der Waals surface area contributed by atoms with Crippen LogP contribution < -0.4 is 16.0 Å². The molecule has 0 amide bonds. The van der Waals surface area contributed by atoms with Crippen molar-refractivity contribution < 1.29 is 0 Å². The van der Waals surface area contributed by atoms with Gasteiger partial charge in [-0.15, -0.1) is 0 Å². The summed E-state index contributed by atoms with van der Waals surface area (Å²) in [5, 5.41) is 3.10. The lowest BCUT2D eigenvalue weighted by Crippen LogP contribution is -2.24. The fourth-order valence-corrected chi connectivity index (χ4v) is 1.63. The number of guanidine groups is 1. The van der Waals surface area contributed by atoms with E-state index < -0.39 is 0 Å². The second kappa shape index (κ2) is 5.57. The van der Waals surface area contributed by atoms with Crippen LogP contribution in [0.5, 0.6) is 0 Å². The first kappa shape index (κ1) is 13.4. The summed E-state index contributed by atoms with van der Waals surface area (Å²) < 4.78 is 0. The van der Waals surface area contributed by atoms with E-state index >= 15 is 0 Å². The van der Waals surface area contributed by atoms with Crippen LogP contribution in [0.1, 0.15) is 19.4 Å². The fourth-order valence-electron chi connectivity index (χ4n) is 1.63. The molecule has 0 unspecified atom stereocenters. The van der Waals surface area contributed by atoms with Gasteiger partial charge in [0.1, 0.15) is 0 Å². The first-order valence-corrected chi connectivity index (χ1v) is 5.78. The highest BCUT2D eigenvalue weighted by atomic mass is 15.1. The van der Waals surface area contributed by atoms with Crippen molar-refractivity contribution in [1.82, 2.24) is 0 Å². The molecule has 0 fully saturated rings. The van der Waals surface area contributed by atoms with E-state index in [4.69, 9.17) is 5.73 Å². The van der Waals surface area contributed by atoms with Crippen molar-refractivity contribution >= 4 is 17.3 Å². The number of hydrogen-bond acceptors (Lipinski definition) is 2. The molecule has 4 heteroatoms. The Morgan fingerprint density at radius 3 is 2.53 bits per heavy atom. The Balaban J connectivity index is 2.90. The topological polar surface area (TPSA) is 53.6 Å². The molecular formula is C13H22N4. The van der Waals surface area contributed by atoms with Crippen molar-refractivity contribution in [3.8, 4) is 0 Å². The quantitative estimate of drug-likeness (QED) is 0.622. The Bertz CT molecular complexity index is 408. The fraction of sp³-hybridized carbons (Fsp3) is 0.462. The average molecular weight is 234 g/mol. The van der Waals surface area contributed by atoms with Crippen LogP contribution in [0.2, 0.25) is 0 Å². The average Bonchev–Trinajstić information content (AvgIpc) is 2.19. The smallest absolute Gasteiger partial charge is 0.193 e. The molecule has 0 saturated heterocycles. The van der Waals surface area contributed by atoms with Crippen LogP contribution in [0.15, 0.2) is 23.2 Å². The molecule has 0 aliphatic heterocycles. The summed E-state index contributed by atoms with van der Waals surface area (Å²) in [7, 11) is 4.05. The monoisotopic (exact) mass is 234 g/mol. The summed E-state index contributed by atoms with van der Waals surface area (Å²) in [5.74, 6) is 0.452. The highest BCUT2D eigenvalue weighted by Crippen LogP contribution is 2.22. The third kappa shape index (κ3) is 3.98. The van der Waals surface area contributed by atoms with Crippen molar-refractivity contribution in [2.75, 3.05) is 24.3 Å². The molecule has 0 aromatic heterocycles. The van der Waals surface area contributed by atoms with Crippen molar-refractivity contribution in [3.63, 3.8) is 0 Å². The van der Waals surface area contributed by atoms with Crippen LogP contribution >= 0.6 is 0 Å². The van der Waals surface area contributed by atoms with E-state index in [-0.39, 0.29) is 6.04 Å². The van der Waals surface area contributed by atoms with Gasteiger partial charge in [-0.25, -0.2) is 0 Å². The number of rotatable bonds is 3. The number of nitrogens with one attached hydrogen (secondary N) is 1. The van der Waals surface area contributed by atoms with Gasteiger partial charge in [0.05, 0.1) is 0 Å². The number of hydrogen-bond donors (Lipinski definition) is 2. The zero-order valence-electron chi connectivity index (χ0n) is 11.3. The second-order valence-electron chi connectivity index (χ2n) is 4.63. The Kier molecular flexibility index (Phi) is 4.37. The summed E-state index contributed by atoms with van der Waals surface area (Å²) in [6.07, 6.45) is 0. The third-order valence-corrected chi connectivity index (χ3v) is 2.36. The summed E-state index contributed by atoms with van der Waals surface area (Å²) >= 11 is 0. The number of nitrogens with zero attached hydrogens (tertiary/aromatic N) is 2. The van der Waals surface area contributed by atoms with Crippen LogP contribution in [0.25, 0.3) is 0 Å². The standard InChI is InChI=1S/C13H22N4/c1-9(2)15-13(14)16-11-7-6-10(3)12(8-11)17(4)5/h6-9H,1-5H3,(H3,14,15,16). The Hall–Kier alpha value is -1.71. The zero-order valence-corrected chi connectivity index (χ0v) is 11.3. The van der Waals surface area contributed by atoms with Gasteiger partial charge in [0.2, 0.25) is 0 Å². The van der Waals surface area contributed by atoms with Gasteiger partial charge in [-0.3, -0.25) is 4.99 Å². The van der Waals surface area contributed by atoms with Crippen LogP contribution in [-0.2, 0) is 0 Å². The lowest BCUT2D eigenvalue weighted by Gasteiger charge is -2.17. The third-order valence-electron chi connectivity index (χ3n) is 2.36. The second-order valence-corrected chi connectivity index (χ2v) is 4.63. The van der Waals surface area contributed by atoms with E-state index in [0.717, 1.165) is 5.69 Å². The Morgan fingerprint density at radius 2 is 2.00 bits per heavy atom. The molecular weight excluding hydrogens is 212 g/mol.